The molecule has 0 fully saturated rings. The van der Waals surface area contributed by atoms with Crippen LogP contribution in [0.15, 0.2) is 39.6 Å². The van der Waals surface area contributed by atoms with Gasteiger partial charge in [0.1, 0.15) is 0 Å². The van der Waals surface area contributed by atoms with E-state index in [1.54, 1.807) is 26.0 Å². The van der Waals surface area contributed by atoms with Crippen LogP contribution in [0.1, 0.15) is 39.5 Å². The minimum atomic E-state index is -3.61. The first-order chi connectivity index (χ1) is 11.8. The average Bonchev–Trinajstić information content (AvgIpc) is 2.60. The van der Waals surface area contributed by atoms with Crippen LogP contribution >= 0.6 is 11.8 Å². The number of carbonyl (C=O) groups is 1. The van der Waals surface area contributed by atoms with Crippen molar-refractivity contribution in [2.75, 3.05) is 18.1 Å². The lowest BCUT2D eigenvalue weighted by molar-refractivity contribution is -0.118. The molecule has 1 aliphatic rings. The number of nitrogens with one attached hydrogen (secondary N) is 2. The van der Waals surface area contributed by atoms with E-state index in [4.69, 9.17) is 0 Å². The molecule has 0 spiro atoms. The van der Waals surface area contributed by atoms with Crippen LogP contribution in [0.25, 0.3) is 0 Å². The fourth-order valence-corrected chi connectivity index (χ4v) is 4.16. The van der Waals surface area contributed by atoms with Crippen molar-refractivity contribution in [1.82, 2.24) is 4.72 Å². The summed E-state index contributed by atoms with van der Waals surface area (Å²) in [6.07, 6.45) is 8.26. The second-order valence-corrected chi connectivity index (χ2v) is 9.05. The van der Waals surface area contributed by atoms with Crippen molar-refractivity contribution in [3.63, 3.8) is 0 Å². The molecular weight excluding hydrogens is 356 g/mol. The molecule has 2 rings (SSSR count). The van der Waals surface area contributed by atoms with Gasteiger partial charge in [-0.05, 0) is 50.1 Å². The molecular formula is C18H26N2O3S2. The third-order valence-corrected chi connectivity index (χ3v) is 6.33. The number of sulfonamides is 1. The van der Waals surface area contributed by atoms with Gasteiger partial charge in [0, 0.05) is 17.4 Å². The largest absolute Gasteiger partial charge is 0.325 e. The molecule has 0 unspecified atom stereocenters. The maximum absolute atomic E-state index is 12.6. The van der Waals surface area contributed by atoms with E-state index in [1.807, 2.05) is 6.26 Å². The smallest absolute Gasteiger partial charge is 0.240 e. The lowest BCUT2D eigenvalue weighted by atomic mass is 10.0. The minimum Gasteiger partial charge on any atom is -0.325 e. The van der Waals surface area contributed by atoms with Gasteiger partial charge in [-0.15, -0.1) is 11.8 Å². The SMILES string of the molecule is CSc1ccc(S(=O)(=O)NCC2=CCCCC2)cc1NC(=O)C(C)C. The Labute approximate surface area is 154 Å². The summed E-state index contributed by atoms with van der Waals surface area (Å²) in [5.41, 5.74) is 1.68. The van der Waals surface area contributed by atoms with Gasteiger partial charge in [-0.2, -0.15) is 0 Å². The Balaban J connectivity index is 2.19. The molecule has 138 valence electrons. The second-order valence-electron chi connectivity index (χ2n) is 6.44. The predicted octanol–water partition coefficient (Wildman–Crippen LogP) is 3.78. The van der Waals surface area contributed by atoms with Gasteiger partial charge < -0.3 is 5.32 Å². The molecule has 0 saturated heterocycles. The Bertz CT molecular complexity index is 756. The van der Waals surface area contributed by atoms with Gasteiger partial charge in [0.05, 0.1) is 10.6 Å². The molecule has 7 heteroatoms. The summed E-state index contributed by atoms with van der Waals surface area (Å²) in [6, 6.07) is 4.84. The van der Waals surface area contributed by atoms with Crippen molar-refractivity contribution in [3.8, 4) is 0 Å². The number of hydrogen-bond donors (Lipinski definition) is 2. The number of hydrogen-bond acceptors (Lipinski definition) is 4. The van der Waals surface area contributed by atoms with Crippen molar-refractivity contribution in [1.29, 1.82) is 0 Å². The highest BCUT2D eigenvalue weighted by Crippen LogP contribution is 2.28. The van der Waals surface area contributed by atoms with Crippen LogP contribution in [0, 0.1) is 5.92 Å². The molecule has 1 aromatic carbocycles. The predicted molar refractivity (Wildman–Crippen MR) is 103 cm³/mol. The Morgan fingerprint density at radius 3 is 2.64 bits per heavy atom. The molecule has 0 atom stereocenters. The number of rotatable bonds is 7. The van der Waals surface area contributed by atoms with Gasteiger partial charge in [0.15, 0.2) is 0 Å². The van der Waals surface area contributed by atoms with Gasteiger partial charge in [-0.1, -0.05) is 25.5 Å². The minimum absolute atomic E-state index is 0.134. The molecule has 5 nitrogen and oxygen atoms in total. The quantitative estimate of drug-likeness (QED) is 0.556. The van der Waals surface area contributed by atoms with E-state index >= 15 is 0 Å². The molecule has 1 amide bonds. The number of allylic oxidation sites excluding steroid dienone is 1. The van der Waals surface area contributed by atoms with Crippen molar-refractivity contribution < 1.29 is 13.2 Å². The van der Waals surface area contributed by atoms with E-state index in [9.17, 15) is 13.2 Å². The maximum atomic E-state index is 12.6. The van der Waals surface area contributed by atoms with Crippen LogP contribution in [0.2, 0.25) is 0 Å². The van der Waals surface area contributed by atoms with Crippen LogP contribution in [0.3, 0.4) is 0 Å². The monoisotopic (exact) mass is 382 g/mol. The van der Waals surface area contributed by atoms with Gasteiger partial charge in [0.2, 0.25) is 15.9 Å². The maximum Gasteiger partial charge on any atom is 0.240 e. The third-order valence-electron chi connectivity index (χ3n) is 4.14. The Morgan fingerprint density at radius 2 is 2.04 bits per heavy atom. The van der Waals surface area contributed by atoms with Crippen molar-refractivity contribution in [3.05, 3.63) is 29.8 Å². The number of anilines is 1. The average molecular weight is 383 g/mol. The zero-order chi connectivity index (χ0) is 18.4. The van der Waals surface area contributed by atoms with Crippen molar-refractivity contribution in [2.24, 2.45) is 5.92 Å². The Kier molecular flexibility index (Phi) is 7.10. The molecule has 1 aromatic rings. The standard InChI is InChI=1S/C18H26N2O3S2/c1-13(2)18(21)20-16-11-15(9-10-17(16)24-3)25(22,23)19-12-14-7-5-4-6-8-14/h7,9-11,13,19H,4-6,8,12H2,1-3H3,(H,20,21). The van der Waals surface area contributed by atoms with Gasteiger partial charge in [-0.25, -0.2) is 13.1 Å². The molecule has 2 N–H and O–H groups in total. The first kappa shape index (κ1) is 20.0. The lowest BCUT2D eigenvalue weighted by Gasteiger charge is -2.15. The summed E-state index contributed by atoms with van der Waals surface area (Å²) >= 11 is 1.47. The normalized spacial score (nSPS) is 15.1. The highest BCUT2D eigenvalue weighted by molar-refractivity contribution is 7.98. The summed E-state index contributed by atoms with van der Waals surface area (Å²) in [4.78, 5) is 13.0. The summed E-state index contributed by atoms with van der Waals surface area (Å²) in [5.74, 6) is -0.309. The first-order valence-electron chi connectivity index (χ1n) is 8.50. The van der Waals surface area contributed by atoms with E-state index in [1.165, 1.54) is 24.2 Å². The molecule has 0 bridgehead atoms. The molecule has 0 aromatic heterocycles. The zero-order valence-electron chi connectivity index (χ0n) is 15.0. The zero-order valence-corrected chi connectivity index (χ0v) is 16.6. The fourth-order valence-electron chi connectivity index (χ4n) is 2.57. The Hall–Kier alpha value is -1.31. The second kappa shape index (κ2) is 8.87. The molecule has 0 aliphatic heterocycles. The summed E-state index contributed by atoms with van der Waals surface area (Å²) in [5, 5.41) is 2.82. The number of amides is 1. The van der Waals surface area contributed by atoms with Gasteiger partial charge in [0.25, 0.3) is 0 Å². The summed E-state index contributed by atoms with van der Waals surface area (Å²) in [7, 11) is -3.61. The summed E-state index contributed by atoms with van der Waals surface area (Å²) in [6.45, 7) is 3.95. The van der Waals surface area contributed by atoms with E-state index in [-0.39, 0.29) is 16.7 Å². The molecule has 1 aliphatic carbocycles. The van der Waals surface area contributed by atoms with E-state index in [2.05, 4.69) is 16.1 Å². The third kappa shape index (κ3) is 5.59. The highest BCUT2D eigenvalue weighted by atomic mass is 32.2. The first-order valence-corrected chi connectivity index (χ1v) is 11.2. The molecule has 0 radical (unpaired) electrons. The van der Waals surface area contributed by atoms with Gasteiger partial charge >= 0.3 is 0 Å². The van der Waals surface area contributed by atoms with E-state index in [0.29, 0.717) is 12.2 Å². The van der Waals surface area contributed by atoms with Crippen molar-refractivity contribution in [2.45, 2.75) is 49.3 Å². The number of benzene rings is 1. The molecule has 25 heavy (non-hydrogen) atoms. The molecule has 0 heterocycles. The van der Waals surface area contributed by atoms with Crippen LogP contribution in [0.5, 0.6) is 0 Å². The van der Waals surface area contributed by atoms with Crippen LogP contribution in [-0.2, 0) is 14.8 Å². The topological polar surface area (TPSA) is 75.3 Å². The van der Waals surface area contributed by atoms with E-state index < -0.39 is 10.0 Å². The fraction of sp³-hybridized carbons (Fsp3) is 0.500. The van der Waals surface area contributed by atoms with E-state index in [0.717, 1.165) is 29.7 Å². The van der Waals surface area contributed by atoms with Gasteiger partial charge in [-0.3, -0.25) is 4.79 Å². The molecule has 0 saturated carbocycles. The van der Waals surface area contributed by atoms with Crippen LogP contribution in [-0.4, -0.2) is 27.1 Å². The highest BCUT2D eigenvalue weighted by Gasteiger charge is 2.18. The Morgan fingerprint density at radius 1 is 1.28 bits per heavy atom. The van der Waals surface area contributed by atoms with Crippen LogP contribution in [0.4, 0.5) is 5.69 Å². The lowest BCUT2D eigenvalue weighted by Crippen LogP contribution is -2.26. The number of thioether (sulfide) groups is 1. The summed E-state index contributed by atoms with van der Waals surface area (Å²) < 4.78 is 27.8. The number of carbonyl (C=O) groups excluding carboxylic acids is 1. The van der Waals surface area contributed by atoms with Crippen LogP contribution < -0.4 is 10.0 Å². The van der Waals surface area contributed by atoms with Crippen molar-refractivity contribution >= 4 is 33.4 Å².